The highest BCUT2D eigenvalue weighted by atomic mass is 16.2. The number of nitrogens with zero attached hydrogens (tertiary/aromatic N) is 5. The van der Waals surface area contributed by atoms with E-state index < -0.39 is 0 Å². The molecule has 186 valence electrons. The molecule has 3 N–H and O–H groups in total. The van der Waals surface area contributed by atoms with Gasteiger partial charge in [-0.15, -0.1) is 0 Å². The van der Waals surface area contributed by atoms with E-state index in [-0.39, 0.29) is 11.3 Å². The molecule has 0 radical (unpaired) electrons. The zero-order valence-corrected chi connectivity index (χ0v) is 20.9. The van der Waals surface area contributed by atoms with Crippen molar-refractivity contribution >= 4 is 34.3 Å². The maximum atomic E-state index is 13.3. The van der Waals surface area contributed by atoms with Gasteiger partial charge in [0.2, 0.25) is 11.3 Å². The van der Waals surface area contributed by atoms with Gasteiger partial charge >= 0.3 is 0 Å². The van der Waals surface area contributed by atoms with Crippen molar-refractivity contribution in [2.75, 3.05) is 10.6 Å². The average molecular weight is 494 g/mol. The highest BCUT2D eigenvalue weighted by Gasteiger charge is 2.20. The molecule has 9 heteroatoms. The molecule has 5 aromatic rings. The van der Waals surface area contributed by atoms with Gasteiger partial charge in [-0.2, -0.15) is 0 Å². The van der Waals surface area contributed by atoms with E-state index in [1.807, 2.05) is 54.0 Å². The minimum atomic E-state index is -0.222. The van der Waals surface area contributed by atoms with Crippen molar-refractivity contribution in [2.45, 2.75) is 33.7 Å². The molecule has 0 aliphatic rings. The molecule has 4 aromatic heterocycles. The maximum absolute atomic E-state index is 13.3. The summed E-state index contributed by atoms with van der Waals surface area (Å²) in [4.78, 5) is 43.8. The number of rotatable bonds is 6. The standard InChI is InChI=1S/C28H27N7O2/c1-4-18-12-13-30-23(16-18)35(17(3)36)20-8-6-19(7-9-20)22-11-10-21-25(37)24(27-31-14-15-32-27)26(29)34(5-2)28(21)33-22/h6-16H,4-5,29H2,1-3H3,(H,31,32). The summed E-state index contributed by atoms with van der Waals surface area (Å²) in [6.07, 6.45) is 5.81. The summed E-state index contributed by atoms with van der Waals surface area (Å²) in [5.41, 5.74) is 10.4. The number of carbonyl (C=O) groups is 1. The molecule has 0 aliphatic heterocycles. The predicted octanol–water partition coefficient (Wildman–Crippen LogP) is 4.70. The Bertz CT molecular complexity index is 1660. The number of fused-ring (bicyclic) bond motifs is 1. The molecule has 0 unspecified atom stereocenters. The van der Waals surface area contributed by atoms with Gasteiger partial charge in [0.25, 0.3) is 0 Å². The fraction of sp³-hybridized carbons (Fsp3) is 0.179. The summed E-state index contributed by atoms with van der Waals surface area (Å²) in [7, 11) is 0. The molecular formula is C28H27N7O2. The number of aromatic amines is 1. The Hall–Kier alpha value is -4.79. The van der Waals surface area contributed by atoms with Crippen LogP contribution in [0.25, 0.3) is 33.7 Å². The number of H-pyrrole nitrogens is 1. The second kappa shape index (κ2) is 9.69. The van der Waals surface area contributed by atoms with Crippen LogP contribution in [0.15, 0.2) is 71.9 Å². The number of anilines is 3. The topological polar surface area (TPSA) is 123 Å². The number of nitrogens with two attached hydrogens (primary N) is 1. The van der Waals surface area contributed by atoms with Crippen molar-refractivity contribution in [3.8, 4) is 22.6 Å². The second-order valence-corrected chi connectivity index (χ2v) is 8.62. The average Bonchev–Trinajstić information content (AvgIpc) is 3.44. The Morgan fingerprint density at radius 3 is 2.49 bits per heavy atom. The van der Waals surface area contributed by atoms with E-state index in [0.717, 1.165) is 17.5 Å². The number of pyridine rings is 3. The van der Waals surface area contributed by atoms with E-state index >= 15 is 0 Å². The second-order valence-electron chi connectivity index (χ2n) is 8.62. The van der Waals surface area contributed by atoms with Gasteiger partial charge in [-0.1, -0.05) is 19.1 Å². The van der Waals surface area contributed by atoms with E-state index in [4.69, 9.17) is 10.7 Å². The number of nitrogens with one attached hydrogen (secondary N) is 1. The van der Waals surface area contributed by atoms with Crippen molar-refractivity contribution < 1.29 is 4.79 Å². The zero-order valence-electron chi connectivity index (χ0n) is 20.9. The fourth-order valence-corrected chi connectivity index (χ4v) is 4.50. The zero-order chi connectivity index (χ0) is 26.1. The monoisotopic (exact) mass is 493 g/mol. The van der Waals surface area contributed by atoms with Crippen LogP contribution in [0.3, 0.4) is 0 Å². The molecule has 0 atom stereocenters. The molecule has 1 amide bonds. The van der Waals surface area contributed by atoms with Gasteiger partial charge in [-0.3, -0.25) is 14.5 Å². The van der Waals surface area contributed by atoms with Crippen molar-refractivity contribution in [1.82, 2.24) is 24.5 Å². The molecule has 5 rings (SSSR count). The number of hydrogen-bond acceptors (Lipinski definition) is 6. The van der Waals surface area contributed by atoms with Crippen molar-refractivity contribution in [3.05, 3.63) is 82.9 Å². The Morgan fingerprint density at radius 1 is 1.05 bits per heavy atom. The Kier molecular flexibility index (Phi) is 6.27. The van der Waals surface area contributed by atoms with Crippen LogP contribution in [-0.4, -0.2) is 30.4 Å². The molecule has 0 aliphatic carbocycles. The van der Waals surface area contributed by atoms with Crippen molar-refractivity contribution in [3.63, 3.8) is 0 Å². The molecule has 1 aromatic carbocycles. The van der Waals surface area contributed by atoms with E-state index in [0.29, 0.717) is 52.0 Å². The third-order valence-electron chi connectivity index (χ3n) is 6.38. The number of hydrogen-bond donors (Lipinski definition) is 2. The SMILES string of the molecule is CCc1ccnc(N(C(C)=O)c2ccc(-c3ccc4c(=O)c(-c5ncc[nH]5)c(N)n(CC)c4n3)cc2)c1. The molecule has 4 heterocycles. The summed E-state index contributed by atoms with van der Waals surface area (Å²) >= 11 is 0. The fourth-order valence-electron chi connectivity index (χ4n) is 4.50. The van der Waals surface area contributed by atoms with Crippen LogP contribution in [-0.2, 0) is 17.8 Å². The van der Waals surface area contributed by atoms with Gasteiger partial charge in [0.05, 0.1) is 16.8 Å². The molecule has 0 spiro atoms. The highest BCUT2D eigenvalue weighted by molar-refractivity contribution is 5.98. The number of aryl methyl sites for hydroxylation is 2. The number of amides is 1. The lowest BCUT2D eigenvalue weighted by atomic mass is 10.1. The minimum Gasteiger partial charge on any atom is -0.384 e. The number of aromatic nitrogens is 5. The van der Waals surface area contributed by atoms with Gasteiger partial charge in [0, 0.05) is 37.6 Å². The quantitative estimate of drug-likeness (QED) is 0.354. The van der Waals surface area contributed by atoms with Crippen LogP contribution < -0.4 is 16.1 Å². The van der Waals surface area contributed by atoms with Gasteiger partial charge in [0.15, 0.2) is 0 Å². The van der Waals surface area contributed by atoms with Gasteiger partial charge < -0.3 is 15.3 Å². The Balaban J connectivity index is 1.57. The summed E-state index contributed by atoms with van der Waals surface area (Å²) in [6, 6.07) is 15.0. The van der Waals surface area contributed by atoms with Crippen LogP contribution >= 0.6 is 0 Å². The molecule has 9 nitrogen and oxygen atoms in total. The van der Waals surface area contributed by atoms with E-state index in [1.54, 1.807) is 29.6 Å². The summed E-state index contributed by atoms with van der Waals surface area (Å²) < 4.78 is 1.82. The molecular weight excluding hydrogens is 466 g/mol. The van der Waals surface area contributed by atoms with Gasteiger partial charge in [0.1, 0.15) is 28.7 Å². The van der Waals surface area contributed by atoms with Gasteiger partial charge in [-0.25, -0.2) is 15.0 Å². The van der Waals surface area contributed by atoms with Gasteiger partial charge in [-0.05, 0) is 55.3 Å². The van der Waals surface area contributed by atoms with E-state index in [9.17, 15) is 9.59 Å². The molecule has 0 saturated carbocycles. The first-order valence-corrected chi connectivity index (χ1v) is 12.1. The largest absolute Gasteiger partial charge is 0.384 e. The minimum absolute atomic E-state index is 0.132. The lowest BCUT2D eigenvalue weighted by Gasteiger charge is -2.21. The molecule has 0 bridgehead atoms. The molecule has 0 saturated heterocycles. The van der Waals surface area contributed by atoms with Crippen LogP contribution in [0.5, 0.6) is 0 Å². The smallest absolute Gasteiger partial charge is 0.229 e. The first kappa shape index (κ1) is 23.9. The van der Waals surface area contributed by atoms with Crippen molar-refractivity contribution in [2.24, 2.45) is 0 Å². The first-order valence-electron chi connectivity index (χ1n) is 12.1. The third-order valence-corrected chi connectivity index (χ3v) is 6.38. The molecule has 0 fully saturated rings. The van der Waals surface area contributed by atoms with Crippen LogP contribution in [0.4, 0.5) is 17.3 Å². The van der Waals surface area contributed by atoms with E-state index in [1.165, 1.54) is 6.92 Å². The normalized spacial score (nSPS) is 11.1. The summed E-state index contributed by atoms with van der Waals surface area (Å²) in [5, 5.41) is 0.465. The predicted molar refractivity (Wildman–Crippen MR) is 146 cm³/mol. The number of nitrogen functional groups attached to an aromatic ring is 1. The first-order chi connectivity index (χ1) is 17.9. The Morgan fingerprint density at radius 2 is 1.84 bits per heavy atom. The number of benzene rings is 1. The van der Waals surface area contributed by atoms with Crippen LogP contribution in [0.2, 0.25) is 0 Å². The van der Waals surface area contributed by atoms with Crippen LogP contribution in [0.1, 0.15) is 26.3 Å². The third kappa shape index (κ3) is 4.24. The van der Waals surface area contributed by atoms with Crippen LogP contribution in [0, 0.1) is 0 Å². The van der Waals surface area contributed by atoms with Crippen molar-refractivity contribution in [1.29, 1.82) is 0 Å². The Labute approximate surface area is 213 Å². The lowest BCUT2D eigenvalue weighted by Crippen LogP contribution is -2.23. The summed E-state index contributed by atoms with van der Waals surface area (Å²) in [5.74, 6) is 1.19. The number of carbonyl (C=O) groups excluding carboxylic acids is 1. The maximum Gasteiger partial charge on any atom is 0.229 e. The summed E-state index contributed by atoms with van der Waals surface area (Å²) in [6.45, 7) is 6.06. The highest BCUT2D eigenvalue weighted by Crippen LogP contribution is 2.29. The lowest BCUT2D eigenvalue weighted by molar-refractivity contribution is -0.115. The van der Waals surface area contributed by atoms with E-state index in [2.05, 4.69) is 21.9 Å². The number of imidazole rings is 1. The molecule has 37 heavy (non-hydrogen) atoms.